The van der Waals surface area contributed by atoms with E-state index in [-0.39, 0.29) is 5.91 Å². The number of nitrogens with one attached hydrogen (secondary N) is 2. The molecule has 194 valence electrons. The predicted molar refractivity (Wildman–Crippen MR) is 140 cm³/mol. The highest BCUT2D eigenvalue weighted by molar-refractivity contribution is 6.31. The number of aryl methyl sites for hydroxylation is 1. The molecule has 0 saturated heterocycles. The number of ether oxygens (including phenoxy) is 1. The first kappa shape index (κ1) is 26.2. The highest BCUT2D eigenvalue weighted by Crippen LogP contribution is 2.33. The summed E-state index contributed by atoms with van der Waals surface area (Å²) in [6, 6.07) is 14.2. The smallest absolute Gasteiger partial charge is 0.413 e. The number of benzene rings is 2. The Balaban J connectivity index is 1.43. The fourth-order valence-electron chi connectivity index (χ4n) is 4.66. The summed E-state index contributed by atoms with van der Waals surface area (Å²) in [4.78, 5) is 37.0. The minimum absolute atomic E-state index is 0.279. The number of carboxylic acid groups (broad SMARTS) is 1. The average Bonchev–Trinajstić information content (AvgIpc) is 3.24. The van der Waals surface area contributed by atoms with Crippen LogP contribution in [0, 0.1) is 11.8 Å². The normalized spacial score (nSPS) is 18.0. The largest absolute Gasteiger partial charge is 0.481 e. The third kappa shape index (κ3) is 6.11. The first-order valence-electron chi connectivity index (χ1n) is 12.1. The molecule has 37 heavy (non-hydrogen) atoms. The number of aromatic nitrogens is 2. The topological polar surface area (TPSA) is 123 Å². The number of hydrogen-bond acceptors (Lipinski definition) is 5. The van der Waals surface area contributed by atoms with Crippen LogP contribution in [0.2, 0.25) is 5.02 Å². The number of carbonyl (C=O) groups excluding carboxylic acids is 2. The molecule has 0 unspecified atom stereocenters. The van der Waals surface area contributed by atoms with Crippen LogP contribution in [0.5, 0.6) is 0 Å². The highest BCUT2D eigenvalue weighted by atomic mass is 35.5. The molecule has 10 heteroatoms. The Morgan fingerprint density at radius 1 is 1.05 bits per heavy atom. The van der Waals surface area contributed by atoms with Crippen LogP contribution in [0.1, 0.15) is 44.3 Å². The minimum atomic E-state index is -0.924. The number of aliphatic carboxylic acids is 1. The molecule has 1 aliphatic rings. The van der Waals surface area contributed by atoms with Crippen LogP contribution in [0.4, 0.5) is 16.3 Å². The summed E-state index contributed by atoms with van der Waals surface area (Å²) >= 11 is 6.21. The van der Waals surface area contributed by atoms with Crippen molar-refractivity contribution >= 4 is 41.1 Å². The van der Waals surface area contributed by atoms with Crippen molar-refractivity contribution in [3.05, 3.63) is 65.3 Å². The lowest BCUT2D eigenvalue weighted by atomic mass is 9.78. The van der Waals surface area contributed by atoms with Crippen molar-refractivity contribution in [1.29, 1.82) is 0 Å². The van der Waals surface area contributed by atoms with Crippen LogP contribution >= 0.6 is 11.6 Å². The number of amides is 2. The number of nitrogens with zero attached hydrogens (tertiary/aromatic N) is 2. The van der Waals surface area contributed by atoms with E-state index >= 15 is 0 Å². The van der Waals surface area contributed by atoms with Crippen LogP contribution < -0.4 is 10.6 Å². The quantitative estimate of drug-likeness (QED) is 0.354. The maximum atomic E-state index is 12.8. The average molecular weight is 525 g/mol. The zero-order valence-corrected chi connectivity index (χ0v) is 21.4. The number of halogens is 1. The van der Waals surface area contributed by atoms with Crippen molar-refractivity contribution in [3.63, 3.8) is 0 Å². The fraction of sp³-hybridized carbons (Fsp3) is 0.333. The molecular weight excluding hydrogens is 496 g/mol. The predicted octanol–water partition coefficient (Wildman–Crippen LogP) is 5.88. The zero-order valence-electron chi connectivity index (χ0n) is 20.6. The molecule has 3 aromatic rings. The molecule has 2 amide bonds. The fourth-order valence-corrected chi connectivity index (χ4v) is 4.95. The van der Waals surface area contributed by atoms with E-state index in [0.29, 0.717) is 40.5 Å². The van der Waals surface area contributed by atoms with E-state index in [1.807, 2.05) is 6.07 Å². The first-order valence-corrected chi connectivity index (χ1v) is 12.5. The lowest BCUT2D eigenvalue weighted by Gasteiger charge is -2.27. The monoisotopic (exact) mass is 524 g/mol. The van der Waals surface area contributed by atoms with Gasteiger partial charge in [-0.2, -0.15) is 5.10 Å². The number of carbonyl (C=O) groups is 3. The number of anilines is 2. The molecule has 0 spiro atoms. The second kappa shape index (κ2) is 11.5. The molecule has 1 fully saturated rings. The van der Waals surface area contributed by atoms with Gasteiger partial charge in [0.1, 0.15) is 11.9 Å². The molecule has 9 nitrogen and oxygen atoms in total. The molecule has 0 radical (unpaired) electrons. The van der Waals surface area contributed by atoms with Gasteiger partial charge in [-0.05, 0) is 43.5 Å². The molecule has 0 bridgehead atoms. The Bertz CT molecular complexity index is 1290. The summed E-state index contributed by atoms with van der Waals surface area (Å²) in [5, 5.41) is 19.8. The standard InChI is InChI=1S/C27H29ClN4O5/c1-16(19-7-5-6-10-23(19)28)37-27(36)31-24-22(15-29-32(24)2)17-11-13-18(14-12-17)30-25(33)20-8-3-4-9-21(20)26(34)35/h5-7,10-16,20-21H,3-4,8-9H2,1-2H3,(H,30,33)(H,31,36)(H,34,35)/t16-,20-,21-/m1/s1. The lowest BCUT2D eigenvalue weighted by molar-refractivity contribution is -0.147. The maximum absolute atomic E-state index is 12.8. The van der Waals surface area contributed by atoms with Gasteiger partial charge >= 0.3 is 12.1 Å². The van der Waals surface area contributed by atoms with Gasteiger partial charge in [0.25, 0.3) is 0 Å². The molecule has 4 rings (SSSR count). The van der Waals surface area contributed by atoms with Gasteiger partial charge < -0.3 is 15.2 Å². The van der Waals surface area contributed by atoms with Crippen LogP contribution in [0.15, 0.2) is 54.7 Å². The van der Waals surface area contributed by atoms with Gasteiger partial charge in [-0.3, -0.25) is 19.6 Å². The van der Waals surface area contributed by atoms with E-state index in [0.717, 1.165) is 18.4 Å². The SMILES string of the molecule is C[C@@H](OC(=O)Nc1c(-c2ccc(NC(=O)[C@@H]3CCCC[C@H]3C(=O)O)cc2)cnn1C)c1ccccc1Cl. The second-order valence-corrected chi connectivity index (χ2v) is 9.53. The summed E-state index contributed by atoms with van der Waals surface area (Å²) < 4.78 is 7.05. The van der Waals surface area contributed by atoms with Gasteiger partial charge in [0.15, 0.2) is 0 Å². The van der Waals surface area contributed by atoms with E-state index in [2.05, 4.69) is 15.7 Å². The number of rotatable bonds is 7. The van der Waals surface area contributed by atoms with Crippen LogP contribution in [-0.2, 0) is 21.4 Å². The summed E-state index contributed by atoms with van der Waals surface area (Å²) in [7, 11) is 1.70. The molecule has 1 saturated carbocycles. The molecule has 1 aromatic heterocycles. The van der Waals surface area contributed by atoms with E-state index in [1.54, 1.807) is 62.6 Å². The Kier molecular flexibility index (Phi) is 8.13. The van der Waals surface area contributed by atoms with Gasteiger partial charge in [0.2, 0.25) is 5.91 Å². The van der Waals surface area contributed by atoms with Gasteiger partial charge in [-0.15, -0.1) is 0 Å². The van der Waals surface area contributed by atoms with Crippen molar-refractivity contribution in [2.24, 2.45) is 18.9 Å². The number of hydrogen-bond donors (Lipinski definition) is 3. The van der Waals surface area contributed by atoms with Gasteiger partial charge in [-0.1, -0.05) is 54.8 Å². The Labute approximate surface area is 219 Å². The summed E-state index contributed by atoms with van der Waals surface area (Å²) in [5.41, 5.74) is 2.70. The third-order valence-electron chi connectivity index (χ3n) is 6.67. The summed E-state index contributed by atoms with van der Waals surface area (Å²) in [6.45, 7) is 1.74. The lowest BCUT2D eigenvalue weighted by Crippen LogP contribution is -2.36. The van der Waals surface area contributed by atoms with E-state index < -0.39 is 30.0 Å². The minimum Gasteiger partial charge on any atom is -0.481 e. The third-order valence-corrected chi connectivity index (χ3v) is 7.01. The molecule has 3 N–H and O–H groups in total. The van der Waals surface area contributed by atoms with E-state index in [9.17, 15) is 19.5 Å². The van der Waals surface area contributed by atoms with Gasteiger partial charge in [0.05, 0.1) is 18.0 Å². The van der Waals surface area contributed by atoms with E-state index in [1.165, 1.54) is 4.68 Å². The van der Waals surface area contributed by atoms with Crippen molar-refractivity contribution in [2.45, 2.75) is 38.7 Å². The Morgan fingerprint density at radius 2 is 1.73 bits per heavy atom. The maximum Gasteiger partial charge on any atom is 0.413 e. The van der Waals surface area contributed by atoms with Crippen molar-refractivity contribution in [3.8, 4) is 11.1 Å². The zero-order chi connectivity index (χ0) is 26.5. The molecular formula is C27H29ClN4O5. The van der Waals surface area contributed by atoms with Crippen molar-refractivity contribution < 1.29 is 24.2 Å². The first-order chi connectivity index (χ1) is 17.7. The highest BCUT2D eigenvalue weighted by Gasteiger charge is 2.35. The summed E-state index contributed by atoms with van der Waals surface area (Å²) in [6.07, 6.45) is 3.17. The van der Waals surface area contributed by atoms with Crippen LogP contribution in [0.25, 0.3) is 11.1 Å². The summed E-state index contributed by atoms with van der Waals surface area (Å²) in [5.74, 6) is -1.96. The number of carboxylic acids is 1. The van der Waals surface area contributed by atoms with Crippen LogP contribution in [-0.4, -0.2) is 32.9 Å². The van der Waals surface area contributed by atoms with Crippen molar-refractivity contribution in [2.75, 3.05) is 10.6 Å². The van der Waals surface area contributed by atoms with Crippen molar-refractivity contribution in [1.82, 2.24) is 9.78 Å². The van der Waals surface area contributed by atoms with Gasteiger partial charge in [-0.25, -0.2) is 4.79 Å². The van der Waals surface area contributed by atoms with Gasteiger partial charge in [0, 0.05) is 28.9 Å². The Hall–Kier alpha value is -3.85. The molecule has 0 aliphatic heterocycles. The van der Waals surface area contributed by atoms with Crippen LogP contribution in [0.3, 0.4) is 0 Å². The molecule has 3 atom stereocenters. The Morgan fingerprint density at radius 3 is 2.41 bits per heavy atom. The second-order valence-electron chi connectivity index (χ2n) is 9.13. The molecule has 1 aliphatic carbocycles. The molecule has 2 aromatic carbocycles. The molecule has 1 heterocycles. The van der Waals surface area contributed by atoms with E-state index in [4.69, 9.17) is 16.3 Å².